The summed E-state index contributed by atoms with van der Waals surface area (Å²) in [7, 11) is 1.18. The van der Waals surface area contributed by atoms with Crippen molar-refractivity contribution in [1.29, 1.82) is 0 Å². The number of fused-ring (bicyclic) bond motifs is 1. The molecular formula is C12H25NO3S. The predicted molar refractivity (Wildman–Crippen MR) is 70.7 cm³/mol. The molecule has 1 unspecified atom stereocenters. The van der Waals surface area contributed by atoms with Crippen LogP contribution in [0.2, 0.25) is 0 Å². The maximum atomic E-state index is 11.6. The number of ether oxygens (including phenoxy) is 1. The van der Waals surface area contributed by atoms with E-state index in [1.807, 2.05) is 6.92 Å². The lowest BCUT2D eigenvalue weighted by Crippen LogP contribution is -2.42. The van der Waals surface area contributed by atoms with E-state index >= 15 is 0 Å². The van der Waals surface area contributed by atoms with Crippen molar-refractivity contribution < 1.29 is 14.4 Å². The molecule has 2 heterocycles. The minimum atomic E-state index is -0.614. The second kappa shape index (κ2) is 6.27. The van der Waals surface area contributed by atoms with Crippen molar-refractivity contribution in [1.82, 2.24) is 4.90 Å². The quantitative estimate of drug-likeness (QED) is 0.723. The summed E-state index contributed by atoms with van der Waals surface area (Å²) in [6, 6.07) is 0. The zero-order valence-corrected chi connectivity index (χ0v) is 11.7. The lowest BCUT2D eigenvalue weighted by atomic mass is 9.91. The SMILES string of the molecule is CCS(=O)C[C@H]1CN2CCC[C@@]2(COC)C1.O. The summed E-state index contributed by atoms with van der Waals surface area (Å²) in [6.07, 6.45) is 3.75. The highest BCUT2D eigenvalue weighted by atomic mass is 32.2. The van der Waals surface area contributed by atoms with Gasteiger partial charge >= 0.3 is 0 Å². The van der Waals surface area contributed by atoms with Crippen molar-refractivity contribution in [2.24, 2.45) is 5.92 Å². The molecule has 2 saturated heterocycles. The molecule has 2 aliphatic heterocycles. The maximum Gasteiger partial charge on any atom is 0.0646 e. The van der Waals surface area contributed by atoms with E-state index in [2.05, 4.69) is 4.90 Å². The summed E-state index contributed by atoms with van der Waals surface area (Å²) in [4.78, 5) is 2.58. The molecule has 0 aromatic rings. The Bertz CT molecular complexity index is 274. The topological polar surface area (TPSA) is 61.0 Å². The summed E-state index contributed by atoms with van der Waals surface area (Å²) < 4.78 is 17.0. The number of hydrogen-bond acceptors (Lipinski definition) is 3. The molecule has 2 aliphatic rings. The third-order valence-corrected chi connectivity index (χ3v) is 5.53. The fraction of sp³-hybridized carbons (Fsp3) is 1.00. The van der Waals surface area contributed by atoms with Gasteiger partial charge in [-0.25, -0.2) is 0 Å². The second-order valence-electron chi connectivity index (χ2n) is 5.17. The van der Waals surface area contributed by atoms with Crippen LogP contribution >= 0.6 is 0 Å². The third-order valence-electron chi connectivity index (χ3n) is 4.04. The molecule has 2 fully saturated rings. The largest absolute Gasteiger partial charge is 0.412 e. The number of rotatable bonds is 5. The van der Waals surface area contributed by atoms with E-state index in [0.29, 0.717) is 5.92 Å². The van der Waals surface area contributed by atoms with E-state index in [9.17, 15) is 4.21 Å². The average molecular weight is 263 g/mol. The molecular weight excluding hydrogens is 238 g/mol. The molecule has 3 atom stereocenters. The molecule has 102 valence electrons. The van der Waals surface area contributed by atoms with Crippen LogP contribution in [0, 0.1) is 5.92 Å². The Morgan fingerprint density at radius 1 is 1.53 bits per heavy atom. The van der Waals surface area contributed by atoms with Crippen LogP contribution in [0.3, 0.4) is 0 Å². The normalized spacial score (nSPS) is 34.4. The third kappa shape index (κ3) is 3.08. The van der Waals surface area contributed by atoms with E-state index in [4.69, 9.17) is 4.74 Å². The molecule has 0 aromatic heterocycles. The van der Waals surface area contributed by atoms with Crippen molar-refractivity contribution in [3.63, 3.8) is 0 Å². The maximum absolute atomic E-state index is 11.6. The van der Waals surface area contributed by atoms with E-state index in [0.717, 1.165) is 24.7 Å². The standard InChI is InChI=1S/C12H23NO2S.H2O/c1-3-16(14)9-11-7-12(10-15-2)5-4-6-13(12)8-11;/h11H,3-10H2,1-2H3;1H2/t11-,12+,16?;/m1./s1. The van der Waals surface area contributed by atoms with Crippen LogP contribution in [0.5, 0.6) is 0 Å². The molecule has 2 rings (SSSR count). The summed E-state index contributed by atoms with van der Waals surface area (Å²) in [5, 5.41) is 0. The highest BCUT2D eigenvalue weighted by Gasteiger charge is 2.48. The van der Waals surface area contributed by atoms with Crippen molar-refractivity contribution >= 4 is 10.8 Å². The Labute approximate surface area is 106 Å². The van der Waals surface area contributed by atoms with Gasteiger partial charge in [0.05, 0.1) is 6.61 Å². The van der Waals surface area contributed by atoms with E-state index in [1.165, 1.54) is 25.8 Å². The number of nitrogens with zero attached hydrogens (tertiary/aromatic N) is 1. The lowest BCUT2D eigenvalue weighted by Gasteiger charge is -2.30. The minimum Gasteiger partial charge on any atom is -0.412 e. The molecule has 0 bridgehead atoms. The van der Waals surface area contributed by atoms with Gasteiger partial charge in [-0.05, 0) is 31.7 Å². The monoisotopic (exact) mass is 263 g/mol. The van der Waals surface area contributed by atoms with Gasteiger partial charge in [0, 0.05) is 41.5 Å². The van der Waals surface area contributed by atoms with Gasteiger partial charge in [0.15, 0.2) is 0 Å². The van der Waals surface area contributed by atoms with Gasteiger partial charge in [-0.2, -0.15) is 0 Å². The fourth-order valence-electron chi connectivity index (χ4n) is 3.41. The second-order valence-corrected chi connectivity index (χ2v) is 6.96. The van der Waals surface area contributed by atoms with Gasteiger partial charge in [-0.15, -0.1) is 0 Å². The van der Waals surface area contributed by atoms with Crippen LogP contribution in [0.1, 0.15) is 26.2 Å². The minimum absolute atomic E-state index is 0. The average Bonchev–Trinajstić information content (AvgIpc) is 2.74. The van der Waals surface area contributed by atoms with Crippen molar-refractivity contribution in [3.05, 3.63) is 0 Å². The van der Waals surface area contributed by atoms with Crippen molar-refractivity contribution in [3.8, 4) is 0 Å². The zero-order chi connectivity index (χ0) is 11.6. The highest BCUT2D eigenvalue weighted by Crippen LogP contribution is 2.41. The fourth-order valence-corrected chi connectivity index (χ4v) is 4.39. The van der Waals surface area contributed by atoms with Gasteiger partial charge in [0.25, 0.3) is 0 Å². The number of hydrogen-bond donors (Lipinski definition) is 0. The summed E-state index contributed by atoms with van der Waals surface area (Å²) in [5.41, 5.74) is 0.289. The molecule has 2 N–H and O–H groups in total. The molecule has 4 nitrogen and oxygen atoms in total. The van der Waals surface area contributed by atoms with Gasteiger partial charge in [-0.1, -0.05) is 6.92 Å². The first-order valence-corrected chi connectivity index (χ1v) is 7.78. The van der Waals surface area contributed by atoms with Crippen LogP contribution in [-0.4, -0.2) is 58.4 Å². The van der Waals surface area contributed by atoms with Crippen molar-refractivity contribution in [2.45, 2.75) is 31.7 Å². The van der Waals surface area contributed by atoms with E-state index < -0.39 is 10.8 Å². The van der Waals surface area contributed by atoms with Crippen LogP contribution < -0.4 is 0 Å². The lowest BCUT2D eigenvalue weighted by molar-refractivity contribution is 0.0654. The first kappa shape index (κ1) is 15.1. The highest BCUT2D eigenvalue weighted by molar-refractivity contribution is 7.84. The molecule has 5 heteroatoms. The van der Waals surface area contributed by atoms with Gasteiger partial charge in [0.2, 0.25) is 0 Å². The van der Waals surface area contributed by atoms with Gasteiger partial charge in [0.1, 0.15) is 0 Å². The van der Waals surface area contributed by atoms with E-state index in [1.54, 1.807) is 7.11 Å². The van der Waals surface area contributed by atoms with Crippen LogP contribution in [0.15, 0.2) is 0 Å². The summed E-state index contributed by atoms with van der Waals surface area (Å²) >= 11 is 0. The Kier molecular flexibility index (Phi) is 5.57. The van der Waals surface area contributed by atoms with E-state index in [-0.39, 0.29) is 11.0 Å². The Morgan fingerprint density at radius 2 is 2.29 bits per heavy atom. The smallest absolute Gasteiger partial charge is 0.0646 e. The molecule has 0 aliphatic carbocycles. The molecule has 0 amide bonds. The summed E-state index contributed by atoms with van der Waals surface area (Å²) in [5.74, 6) is 2.31. The predicted octanol–water partition coefficient (Wildman–Crippen LogP) is 0.431. The molecule has 0 radical (unpaired) electrons. The van der Waals surface area contributed by atoms with Crippen molar-refractivity contribution in [2.75, 3.05) is 38.3 Å². The molecule has 0 aromatic carbocycles. The molecule has 0 saturated carbocycles. The zero-order valence-electron chi connectivity index (χ0n) is 10.9. The Morgan fingerprint density at radius 3 is 2.94 bits per heavy atom. The first-order valence-electron chi connectivity index (χ1n) is 6.29. The molecule has 17 heavy (non-hydrogen) atoms. The summed E-state index contributed by atoms with van der Waals surface area (Å²) in [6.45, 7) is 5.20. The van der Waals surface area contributed by atoms with Crippen LogP contribution in [-0.2, 0) is 15.5 Å². The first-order chi connectivity index (χ1) is 7.70. The van der Waals surface area contributed by atoms with Gasteiger partial charge in [-0.3, -0.25) is 9.11 Å². The Balaban J connectivity index is 0.00000144. The van der Waals surface area contributed by atoms with Gasteiger partial charge < -0.3 is 10.2 Å². The molecule has 0 spiro atoms. The Hall–Kier alpha value is 0.0300. The van der Waals surface area contributed by atoms with Crippen LogP contribution in [0.25, 0.3) is 0 Å². The number of methoxy groups -OCH3 is 1. The van der Waals surface area contributed by atoms with Crippen LogP contribution in [0.4, 0.5) is 0 Å².